The first kappa shape index (κ1) is 21.3. The van der Waals surface area contributed by atoms with Gasteiger partial charge in [0.05, 0.1) is 0 Å². The molecule has 36 heavy (non-hydrogen) atoms. The molecule has 0 aliphatic heterocycles. The molecule has 5 aromatic carbocycles. The molecule has 0 bridgehead atoms. The van der Waals surface area contributed by atoms with Crippen molar-refractivity contribution in [3.63, 3.8) is 0 Å². The maximum absolute atomic E-state index is 6.47. The normalized spacial score (nSPS) is 13.6. The molecular formula is C33H24ClNO. The summed E-state index contributed by atoms with van der Waals surface area (Å²) < 4.78 is 6.24. The standard InChI is InChI=1S/C33H24ClNO/c1-33(2)29-12-5-3-10-25(29)26-16-14-23(19-30(26)33)35(22-9-7-8-21(34)18-22)24-15-17-28-27-11-4-6-13-31(27)36-32(28)20-24/h3-20H,1-2H3. The van der Waals surface area contributed by atoms with E-state index in [4.69, 9.17) is 16.0 Å². The highest BCUT2D eigenvalue weighted by Gasteiger charge is 2.35. The molecule has 0 amide bonds. The van der Waals surface area contributed by atoms with E-state index in [2.05, 4.69) is 91.5 Å². The number of furan rings is 1. The molecule has 1 aliphatic carbocycles. The van der Waals surface area contributed by atoms with Crippen molar-refractivity contribution in [1.82, 2.24) is 0 Å². The summed E-state index contributed by atoms with van der Waals surface area (Å²) in [6, 6.07) is 38.2. The Morgan fingerprint density at radius 1 is 0.583 bits per heavy atom. The van der Waals surface area contributed by atoms with Crippen LogP contribution in [-0.4, -0.2) is 0 Å². The summed E-state index contributed by atoms with van der Waals surface area (Å²) in [4.78, 5) is 2.26. The molecule has 3 heteroatoms. The lowest BCUT2D eigenvalue weighted by atomic mass is 9.82. The van der Waals surface area contributed by atoms with Gasteiger partial charge in [-0.25, -0.2) is 0 Å². The summed E-state index contributed by atoms with van der Waals surface area (Å²) in [5, 5.41) is 2.95. The number of para-hydroxylation sites is 1. The van der Waals surface area contributed by atoms with E-state index in [-0.39, 0.29) is 5.41 Å². The van der Waals surface area contributed by atoms with E-state index in [0.717, 1.165) is 39.0 Å². The first-order valence-corrected chi connectivity index (χ1v) is 12.6. The lowest BCUT2D eigenvalue weighted by Gasteiger charge is -2.28. The largest absolute Gasteiger partial charge is 0.456 e. The molecule has 0 fully saturated rings. The summed E-state index contributed by atoms with van der Waals surface area (Å²) in [5.41, 5.74) is 10.1. The van der Waals surface area contributed by atoms with Crippen LogP contribution in [-0.2, 0) is 5.41 Å². The first-order chi connectivity index (χ1) is 17.5. The third kappa shape index (κ3) is 3.11. The SMILES string of the molecule is CC1(C)c2ccccc2-c2ccc(N(c3cccc(Cl)c3)c3ccc4c(c3)oc3ccccc34)cc21. The number of nitrogens with zero attached hydrogens (tertiary/aromatic N) is 1. The van der Waals surface area contributed by atoms with E-state index in [1.54, 1.807) is 0 Å². The minimum atomic E-state index is -0.0787. The van der Waals surface area contributed by atoms with Crippen molar-refractivity contribution in [2.24, 2.45) is 0 Å². The Morgan fingerprint density at radius 2 is 1.28 bits per heavy atom. The van der Waals surface area contributed by atoms with E-state index in [1.807, 2.05) is 36.4 Å². The van der Waals surface area contributed by atoms with Gasteiger partial charge in [-0.15, -0.1) is 0 Å². The zero-order valence-electron chi connectivity index (χ0n) is 20.1. The Kier molecular flexibility index (Phi) is 4.58. The molecule has 0 radical (unpaired) electrons. The average molecular weight is 486 g/mol. The van der Waals surface area contributed by atoms with Gasteiger partial charge in [0.1, 0.15) is 11.2 Å². The molecule has 0 N–H and O–H groups in total. The van der Waals surface area contributed by atoms with Gasteiger partial charge >= 0.3 is 0 Å². The van der Waals surface area contributed by atoms with Crippen molar-refractivity contribution in [3.8, 4) is 11.1 Å². The van der Waals surface area contributed by atoms with Crippen molar-refractivity contribution in [3.05, 3.63) is 125 Å². The van der Waals surface area contributed by atoms with Crippen molar-refractivity contribution in [2.75, 3.05) is 4.90 Å². The molecule has 0 atom stereocenters. The number of fused-ring (bicyclic) bond motifs is 6. The molecule has 1 heterocycles. The van der Waals surface area contributed by atoms with Crippen LogP contribution in [0.25, 0.3) is 33.1 Å². The zero-order valence-corrected chi connectivity index (χ0v) is 20.9. The lowest BCUT2D eigenvalue weighted by molar-refractivity contribution is 0.660. The van der Waals surface area contributed by atoms with Crippen LogP contribution in [0.2, 0.25) is 5.02 Å². The van der Waals surface area contributed by atoms with Crippen LogP contribution in [0.1, 0.15) is 25.0 Å². The molecule has 1 aromatic heterocycles. The second kappa shape index (κ2) is 7.74. The molecule has 0 spiro atoms. The molecule has 6 aromatic rings. The summed E-state index contributed by atoms with van der Waals surface area (Å²) in [6.45, 7) is 4.62. The van der Waals surface area contributed by atoms with Crippen LogP contribution in [0.3, 0.4) is 0 Å². The highest BCUT2D eigenvalue weighted by Crippen LogP contribution is 2.50. The van der Waals surface area contributed by atoms with E-state index in [0.29, 0.717) is 5.02 Å². The van der Waals surface area contributed by atoms with Crippen molar-refractivity contribution in [1.29, 1.82) is 0 Å². The predicted octanol–water partition coefficient (Wildman–Crippen LogP) is 10.0. The topological polar surface area (TPSA) is 16.4 Å². The van der Waals surface area contributed by atoms with Gasteiger partial charge in [0.15, 0.2) is 0 Å². The highest BCUT2D eigenvalue weighted by atomic mass is 35.5. The van der Waals surface area contributed by atoms with Crippen LogP contribution in [0, 0.1) is 0 Å². The van der Waals surface area contributed by atoms with Crippen LogP contribution in [0.4, 0.5) is 17.1 Å². The Labute approximate surface area is 215 Å². The average Bonchev–Trinajstić information content (AvgIpc) is 3.37. The number of halogens is 1. The minimum Gasteiger partial charge on any atom is -0.456 e. The van der Waals surface area contributed by atoms with E-state index in [1.165, 1.54) is 22.3 Å². The Morgan fingerprint density at radius 3 is 2.17 bits per heavy atom. The summed E-state index contributed by atoms with van der Waals surface area (Å²) >= 11 is 6.47. The zero-order chi connectivity index (χ0) is 24.4. The van der Waals surface area contributed by atoms with Gasteiger partial charge in [0.2, 0.25) is 0 Å². The van der Waals surface area contributed by atoms with E-state index >= 15 is 0 Å². The summed E-state index contributed by atoms with van der Waals surface area (Å²) in [6.07, 6.45) is 0. The molecule has 2 nitrogen and oxygen atoms in total. The summed E-state index contributed by atoms with van der Waals surface area (Å²) in [7, 11) is 0. The second-order valence-electron chi connectivity index (χ2n) is 9.99. The Hall–Kier alpha value is -4.01. The lowest BCUT2D eigenvalue weighted by Crippen LogP contribution is -2.16. The maximum Gasteiger partial charge on any atom is 0.137 e. The number of hydrogen-bond acceptors (Lipinski definition) is 2. The van der Waals surface area contributed by atoms with Gasteiger partial charge in [-0.1, -0.05) is 80.0 Å². The highest BCUT2D eigenvalue weighted by molar-refractivity contribution is 6.30. The van der Waals surface area contributed by atoms with E-state index < -0.39 is 0 Å². The molecule has 174 valence electrons. The van der Waals surface area contributed by atoms with Gasteiger partial charge in [-0.05, 0) is 70.8 Å². The monoisotopic (exact) mass is 485 g/mol. The van der Waals surface area contributed by atoms with Crippen molar-refractivity contribution < 1.29 is 4.42 Å². The second-order valence-corrected chi connectivity index (χ2v) is 10.4. The third-order valence-corrected chi connectivity index (χ3v) is 7.75. The van der Waals surface area contributed by atoms with E-state index in [9.17, 15) is 0 Å². The molecule has 0 saturated heterocycles. The van der Waals surface area contributed by atoms with Crippen LogP contribution in [0.5, 0.6) is 0 Å². The maximum atomic E-state index is 6.47. The van der Waals surface area contributed by atoms with Crippen molar-refractivity contribution in [2.45, 2.75) is 19.3 Å². The van der Waals surface area contributed by atoms with Gasteiger partial charge in [0.25, 0.3) is 0 Å². The van der Waals surface area contributed by atoms with Crippen LogP contribution in [0.15, 0.2) is 114 Å². The number of benzene rings is 5. The minimum absolute atomic E-state index is 0.0787. The molecular weight excluding hydrogens is 462 g/mol. The van der Waals surface area contributed by atoms with Crippen molar-refractivity contribution >= 4 is 50.6 Å². The Bertz CT molecular complexity index is 1800. The van der Waals surface area contributed by atoms with Crippen LogP contribution < -0.4 is 4.90 Å². The summed E-state index contributed by atoms with van der Waals surface area (Å²) in [5.74, 6) is 0. The first-order valence-electron chi connectivity index (χ1n) is 12.2. The molecule has 7 rings (SSSR count). The number of hydrogen-bond donors (Lipinski definition) is 0. The van der Waals surface area contributed by atoms with Crippen LogP contribution >= 0.6 is 11.6 Å². The number of anilines is 3. The fraction of sp³-hybridized carbons (Fsp3) is 0.0909. The third-order valence-electron chi connectivity index (χ3n) is 7.51. The Balaban J connectivity index is 1.44. The van der Waals surface area contributed by atoms with Gasteiger partial charge < -0.3 is 9.32 Å². The fourth-order valence-corrected chi connectivity index (χ4v) is 5.93. The quantitative estimate of drug-likeness (QED) is 0.248. The van der Waals surface area contributed by atoms with Gasteiger partial charge in [-0.3, -0.25) is 0 Å². The van der Waals surface area contributed by atoms with Gasteiger partial charge in [0, 0.05) is 44.3 Å². The predicted molar refractivity (Wildman–Crippen MR) is 151 cm³/mol. The van der Waals surface area contributed by atoms with Gasteiger partial charge in [-0.2, -0.15) is 0 Å². The molecule has 0 saturated carbocycles. The smallest absolute Gasteiger partial charge is 0.137 e. The molecule has 1 aliphatic rings. The fourth-order valence-electron chi connectivity index (χ4n) is 5.75. The number of rotatable bonds is 3. The molecule has 0 unspecified atom stereocenters.